The molecule has 0 aromatic heterocycles. The minimum atomic E-state index is -0.650. The highest BCUT2D eigenvalue weighted by Gasteiger charge is 2.11. The Bertz CT molecular complexity index is 688. The number of carbonyl (C=O) groups is 1. The quantitative estimate of drug-likeness (QED) is 0.818. The van der Waals surface area contributed by atoms with Crippen LogP contribution in [0, 0.1) is 18.6 Å². The molecule has 1 N–H and O–H groups in total. The molecule has 0 spiro atoms. The normalized spacial score (nSPS) is 10.5. The molecule has 0 aliphatic heterocycles. The highest BCUT2D eigenvalue weighted by Crippen LogP contribution is 2.24. The van der Waals surface area contributed by atoms with Crippen LogP contribution in [-0.2, 0) is 11.2 Å². The fourth-order valence-corrected chi connectivity index (χ4v) is 2.83. The van der Waals surface area contributed by atoms with Crippen molar-refractivity contribution in [2.24, 2.45) is 0 Å². The number of rotatable bonds is 5. The third kappa shape index (κ3) is 4.07. The third-order valence-electron chi connectivity index (χ3n) is 3.26. The zero-order valence-electron chi connectivity index (χ0n) is 12.5. The smallest absolute Gasteiger partial charge is 0.234 e. The van der Waals surface area contributed by atoms with Crippen molar-refractivity contribution in [1.82, 2.24) is 0 Å². The summed E-state index contributed by atoms with van der Waals surface area (Å²) >= 11 is 1.05. The van der Waals surface area contributed by atoms with E-state index in [1.165, 1.54) is 12.1 Å². The summed E-state index contributed by atoms with van der Waals surface area (Å²) in [5, 5.41) is 2.87. The van der Waals surface area contributed by atoms with Crippen LogP contribution in [0.25, 0.3) is 0 Å². The molecule has 0 heterocycles. The molecule has 22 heavy (non-hydrogen) atoms. The van der Waals surface area contributed by atoms with E-state index in [1.807, 2.05) is 32.0 Å². The predicted octanol–water partition coefficient (Wildman–Crippen LogP) is 4.57. The van der Waals surface area contributed by atoms with E-state index >= 15 is 0 Å². The van der Waals surface area contributed by atoms with Crippen LogP contribution >= 0.6 is 11.8 Å². The van der Waals surface area contributed by atoms with Crippen molar-refractivity contribution in [2.75, 3.05) is 11.1 Å². The maximum atomic E-state index is 13.5. The number of hydrogen-bond acceptors (Lipinski definition) is 2. The predicted molar refractivity (Wildman–Crippen MR) is 86.3 cm³/mol. The van der Waals surface area contributed by atoms with E-state index in [9.17, 15) is 13.6 Å². The van der Waals surface area contributed by atoms with Crippen molar-refractivity contribution in [3.63, 3.8) is 0 Å². The summed E-state index contributed by atoms with van der Waals surface area (Å²) in [6.45, 7) is 3.95. The van der Waals surface area contributed by atoms with Gasteiger partial charge in [0.05, 0.1) is 5.75 Å². The van der Waals surface area contributed by atoms with Gasteiger partial charge in [-0.15, -0.1) is 11.8 Å². The lowest BCUT2D eigenvalue weighted by Gasteiger charge is -2.13. The van der Waals surface area contributed by atoms with Gasteiger partial charge in [-0.2, -0.15) is 0 Å². The van der Waals surface area contributed by atoms with Crippen LogP contribution in [0.5, 0.6) is 0 Å². The minimum Gasteiger partial charge on any atom is -0.325 e. The summed E-state index contributed by atoms with van der Waals surface area (Å²) in [7, 11) is 0. The fourth-order valence-electron chi connectivity index (χ4n) is 2.11. The number of hydrogen-bond donors (Lipinski definition) is 1. The lowest BCUT2D eigenvalue weighted by Crippen LogP contribution is -2.16. The van der Waals surface area contributed by atoms with E-state index in [0.29, 0.717) is 0 Å². The number of benzene rings is 2. The van der Waals surface area contributed by atoms with Crippen molar-refractivity contribution < 1.29 is 13.6 Å². The first-order valence-electron chi connectivity index (χ1n) is 6.97. The van der Waals surface area contributed by atoms with Gasteiger partial charge in [-0.25, -0.2) is 8.78 Å². The molecule has 0 bridgehead atoms. The van der Waals surface area contributed by atoms with Crippen LogP contribution in [0.4, 0.5) is 14.5 Å². The maximum Gasteiger partial charge on any atom is 0.234 e. The van der Waals surface area contributed by atoms with E-state index in [4.69, 9.17) is 0 Å². The molecule has 0 fully saturated rings. The van der Waals surface area contributed by atoms with Gasteiger partial charge in [0, 0.05) is 16.6 Å². The molecule has 0 atom stereocenters. The molecule has 2 nitrogen and oxygen atoms in total. The molecule has 0 radical (unpaired) electrons. The van der Waals surface area contributed by atoms with E-state index in [-0.39, 0.29) is 16.6 Å². The van der Waals surface area contributed by atoms with Crippen molar-refractivity contribution >= 4 is 23.4 Å². The van der Waals surface area contributed by atoms with E-state index in [1.54, 1.807) is 0 Å². The Labute approximate surface area is 132 Å². The zero-order chi connectivity index (χ0) is 16.1. The minimum absolute atomic E-state index is 0.0695. The molecule has 2 rings (SSSR count). The molecular weight excluding hydrogens is 304 g/mol. The van der Waals surface area contributed by atoms with Gasteiger partial charge in [0.1, 0.15) is 11.6 Å². The average molecular weight is 321 g/mol. The fraction of sp³-hybridized carbons (Fsp3) is 0.235. The number of halogens is 2. The number of amides is 1. The molecule has 2 aromatic carbocycles. The van der Waals surface area contributed by atoms with Crippen LogP contribution in [-0.4, -0.2) is 11.7 Å². The van der Waals surface area contributed by atoms with Crippen LogP contribution in [0.15, 0.2) is 41.3 Å². The molecule has 1 amide bonds. The second-order valence-electron chi connectivity index (χ2n) is 4.87. The Morgan fingerprint density at radius 1 is 1.23 bits per heavy atom. The molecule has 0 saturated heterocycles. The highest BCUT2D eigenvalue weighted by molar-refractivity contribution is 8.00. The largest absolute Gasteiger partial charge is 0.325 e. The van der Waals surface area contributed by atoms with Crippen LogP contribution in [0.2, 0.25) is 0 Å². The van der Waals surface area contributed by atoms with Crippen molar-refractivity contribution in [1.29, 1.82) is 0 Å². The summed E-state index contributed by atoms with van der Waals surface area (Å²) in [6, 6.07) is 9.19. The monoisotopic (exact) mass is 321 g/mol. The van der Waals surface area contributed by atoms with Gasteiger partial charge in [0.25, 0.3) is 0 Å². The first kappa shape index (κ1) is 16.5. The first-order chi connectivity index (χ1) is 10.5. The first-order valence-corrected chi connectivity index (χ1v) is 7.96. The van der Waals surface area contributed by atoms with E-state index in [0.717, 1.165) is 41.1 Å². The van der Waals surface area contributed by atoms with Crippen LogP contribution in [0.1, 0.15) is 18.1 Å². The SMILES string of the molecule is CCc1cccc(C)c1NC(=O)CSc1ccc(F)cc1F. The Balaban J connectivity index is 2.02. The molecule has 0 aliphatic carbocycles. The Morgan fingerprint density at radius 2 is 2.00 bits per heavy atom. The van der Waals surface area contributed by atoms with Gasteiger partial charge in [0.15, 0.2) is 0 Å². The molecule has 5 heteroatoms. The molecule has 0 aliphatic rings. The number of carbonyl (C=O) groups excluding carboxylic acids is 1. The van der Waals surface area contributed by atoms with Gasteiger partial charge >= 0.3 is 0 Å². The summed E-state index contributed by atoms with van der Waals surface area (Å²) in [5.41, 5.74) is 2.87. The van der Waals surface area contributed by atoms with E-state index in [2.05, 4.69) is 5.32 Å². The molecule has 116 valence electrons. The number of para-hydroxylation sites is 1. The Kier molecular flexibility index (Phi) is 5.55. The van der Waals surface area contributed by atoms with Crippen molar-refractivity contribution in [2.45, 2.75) is 25.2 Å². The molecular formula is C17H17F2NOS. The summed E-state index contributed by atoms with van der Waals surface area (Å²) in [6.07, 6.45) is 0.816. The number of thioether (sulfide) groups is 1. The van der Waals surface area contributed by atoms with Gasteiger partial charge in [0.2, 0.25) is 5.91 Å². The molecule has 0 saturated carbocycles. The average Bonchev–Trinajstić information content (AvgIpc) is 2.48. The van der Waals surface area contributed by atoms with Crippen molar-refractivity contribution in [3.05, 3.63) is 59.2 Å². The van der Waals surface area contributed by atoms with Gasteiger partial charge in [-0.3, -0.25) is 4.79 Å². The van der Waals surface area contributed by atoms with Gasteiger partial charge < -0.3 is 5.32 Å². The molecule has 2 aromatic rings. The van der Waals surface area contributed by atoms with Gasteiger partial charge in [-0.05, 0) is 36.6 Å². The topological polar surface area (TPSA) is 29.1 Å². The summed E-state index contributed by atoms with van der Waals surface area (Å²) < 4.78 is 26.4. The number of nitrogens with one attached hydrogen (secondary N) is 1. The Hall–Kier alpha value is -1.88. The lowest BCUT2D eigenvalue weighted by molar-refractivity contribution is -0.113. The highest BCUT2D eigenvalue weighted by atomic mass is 32.2. The van der Waals surface area contributed by atoms with E-state index < -0.39 is 11.6 Å². The number of anilines is 1. The summed E-state index contributed by atoms with van der Waals surface area (Å²) in [5.74, 6) is -1.42. The Morgan fingerprint density at radius 3 is 2.68 bits per heavy atom. The summed E-state index contributed by atoms with van der Waals surface area (Å²) in [4.78, 5) is 12.3. The second kappa shape index (κ2) is 7.40. The van der Waals surface area contributed by atoms with Gasteiger partial charge in [-0.1, -0.05) is 25.1 Å². The second-order valence-corrected chi connectivity index (χ2v) is 5.89. The number of aryl methyl sites for hydroxylation is 2. The zero-order valence-corrected chi connectivity index (χ0v) is 13.3. The maximum absolute atomic E-state index is 13.5. The van der Waals surface area contributed by atoms with Crippen LogP contribution < -0.4 is 5.32 Å². The van der Waals surface area contributed by atoms with Crippen LogP contribution in [0.3, 0.4) is 0 Å². The standard InChI is InChI=1S/C17H17F2NOS/c1-3-12-6-4-5-11(2)17(12)20-16(21)10-22-15-8-7-13(18)9-14(15)19/h4-9H,3,10H2,1-2H3,(H,20,21). The van der Waals surface area contributed by atoms with Crippen molar-refractivity contribution in [3.8, 4) is 0 Å². The molecule has 0 unspecified atom stereocenters. The lowest BCUT2D eigenvalue weighted by atomic mass is 10.1. The third-order valence-corrected chi connectivity index (χ3v) is 4.31.